The van der Waals surface area contributed by atoms with Gasteiger partial charge in [0, 0.05) is 19.7 Å². The molecule has 0 aromatic carbocycles. The molecule has 1 aliphatic rings. The summed E-state index contributed by atoms with van der Waals surface area (Å²) < 4.78 is 5.62. The van der Waals surface area contributed by atoms with E-state index in [1.165, 1.54) is 0 Å². The van der Waals surface area contributed by atoms with Gasteiger partial charge in [0.2, 0.25) is 5.95 Å². The van der Waals surface area contributed by atoms with E-state index in [0.717, 1.165) is 25.3 Å². The van der Waals surface area contributed by atoms with Gasteiger partial charge in [-0.1, -0.05) is 0 Å². The van der Waals surface area contributed by atoms with Crippen LogP contribution >= 0.6 is 0 Å². The van der Waals surface area contributed by atoms with Crippen LogP contribution in [0.3, 0.4) is 0 Å². The van der Waals surface area contributed by atoms with E-state index < -0.39 is 0 Å². The summed E-state index contributed by atoms with van der Waals surface area (Å²) in [5.41, 5.74) is 5.63. The maximum atomic E-state index is 5.63. The molecule has 0 radical (unpaired) electrons. The number of ether oxygens (including phenoxy) is 1. The standard InChI is InChI=1S/C11H19N5O/c1-7(8-4-3-5-17-8)14-10-6-9(13-2)15-11(12)16-10/h6-8H,3-5H2,1-2H3,(H4,12,13,14,15,16). The number of nitrogen functional groups attached to an aromatic ring is 1. The molecule has 1 aromatic rings. The summed E-state index contributed by atoms with van der Waals surface area (Å²) in [7, 11) is 1.80. The summed E-state index contributed by atoms with van der Waals surface area (Å²) in [5.74, 6) is 1.70. The third-order valence-electron chi connectivity index (χ3n) is 2.90. The molecule has 6 heteroatoms. The van der Waals surface area contributed by atoms with Gasteiger partial charge in [-0.15, -0.1) is 0 Å². The van der Waals surface area contributed by atoms with Crippen molar-refractivity contribution in [3.05, 3.63) is 6.07 Å². The highest BCUT2D eigenvalue weighted by Crippen LogP contribution is 2.19. The van der Waals surface area contributed by atoms with E-state index in [2.05, 4.69) is 27.5 Å². The maximum Gasteiger partial charge on any atom is 0.223 e. The van der Waals surface area contributed by atoms with Gasteiger partial charge in [0.15, 0.2) is 0 Å². The molecule has 2 atom stereocenters. The Morgan fingerprint density at radius 1 is 1.47 bits per heavy atom. The van der Waals surface area contributed by atoms with Gasteiger partial charge in [0.1, 0.15) is 11.6 Å². The lowest BCUT2D eigenvalue weighted by molar-refractivity contribution is 0.0995. The molecule has 1 fully saturated rings. The Bertz CT molecular complexity index is 378. The zero-order valence-electron chi connectivity index (χ0n) is 10.2. The molecule has 2 rings (SSSR count). The van der Waals surface area contributed by atoms with E-state index in [1.807, 2.05) is 6.07 Å². The molecule has 0 saturated carbocycles. The average Bonchev–Trinajstić information content (AvgIpc) is 2.81. The van der Waals surface area contributed by atoms with Gasteiger partial charge in [-0.3, -0.25) is 0 Å². The molecule has 94 valence electrons. The van der Waals surface area contributed by atoms with Crippen LogP contribution < -0.4 is 16.4 Å². The predicted octanol–water partition coefficient (Wildman–Crippen LogP) is 1.08. The van der Waals surface area contributed by atoms with Crippen molar-refractivity contribution >= 4 is 17.6 Å². The predicted molar refractivity (Wildman–Crippen MR) is 68.0 cm³/mol. The highest BCUT2D eigenvalue weighted by molar-refractivity contribution is 5.51. The second-order valence-electron chi connectivity index (χ2n) is 4.23. The van der Waals surface area contributed by atoms with Gasteiger partial charge >= 0.3 is 0 Å². The Labute approximate surface area is 101 Å². The van der Waals surface area contributed by atoms with Crippen LogP contribution in [0.25, 0.3) is 0 Å². The van der Waals surface area contributed by atoms with Crippen LogP contribution in [0.1, 0.15) is 19.8 Å². The molecule has 0 amide bonds. The van der Waals surface area contributed by atoms with E-state index in [9.17, 15) is 0 Å². The fourth-order valence-electron chi connectivity index (χ4n) is 1.99. The zero-order chi connectivity index (χ0) is 12.3. The Morgan fingerprint density at radius 3 is 2.88 bits per heavy atom. The van der Waals surface area contributed by atoms with Crippen LogP contribution in [-0.4, -0.2) is 35.8 Å². The minimum atomic E-state index is 0.219. The van der Waals surface area contributed by atoms with Crippen LogP contribution in [0.15, 0.2) is 6.07 Å². The van der Waals surface area contributed by atoms with E-state index in [1.54, 1.807) is 7.05 Å². The lowest BCUT2D eigenvalue weighted by atomic mass is 10.1. The number of nitrogens with two attached hydrogens (primary N) is 1. The van der Waals surface area contributed by atoms with Gasteiger partial charge in [-0.25, -0.2) is 0 Å². The molecule has 0 spiro atoms. The van der Waals surface area contributed by atoms with Crippen LogP contribution in [0.2, 0.25) is 0 Å². The maximum absolute atomic E-state index is 5.63. The highest BCUT2D eigenvalue weighted by Gasteiger charge is 2.22. The summed E-state index contributed by atoms with van der Waals surface area (Å²) in [4.78, 5) is 8.19. The first kappa shape index (κ1) is 11.9. The first-order valence-corrected chi connectivity index (χ1v) is 5.89. The summed E-state index contributed by atoms with van der Waals surface area (Å²) in [5, 5.41) is 6.25. The summed E-state index contributed by atoms with van der Waals surface area (Å²) in [6, 6.07) is 2.05. The number of aromatic nitrogens is 2. The van der Waals surface area contributed by atoms with E-state index >= 15 is 0 Å². The van der Waals surface area contributed by atoms with Crippen molar-refractivity contribution in [2.75, 3.05) is 30.0 Å². The Kier molecular flexibility index (Phi) is 3.63. The molecule has 1 aromatic heterocycles. The van der Waals surface area contributed by atoms with Crippen LogP contribution in [0.4, 0.5) is 17.6 Å². The monoisotopic (exact) mass is 237 g/mol. The molecule has 0 aliphatic carbocycles. The Balaban J connectivity index is 2.04. The lowest BCUT2D eigenvalue weighted by Crippen LogP contribution is -2.30. The van der Waals surface area contributed by atoms with Gasteiger partial charge in [0.25, 0.3) is 0 Å². The zero-order valence-corrected chi connectivity index (χ0v) is 10.2. The first-order valence-electron chi connectivity index (χ1n) is 5.89. The van der Waals surface area contributed by atoms with Crippen LogP contribution in [-0.2, 0) is 4.74 Å². The van der Waals surface area contributed by atoms with E-state index in [0.29, 0.717) is 5.82 Å². The lowest BCUT2D eigenvalue weighted by Gasteiger charge is -2.20. The fourth-order valence-corrected chi connectivity index (χ4v) is 1.99. The number of rotatable bonds is 4. The summed E-state index contributed by atoms with van der Waals surface area (Å²) in [6.45, 7) is 2.94. The van der Waals surface area contributed by atoms with Gasteiger partial charge in [-0.05, 0) is 19.8 Å². The van der Waals surface area contributed by atoms with Crippen molar-refractivity contribution in [2.24, 2.45) is 0 Å². The number of anilines is 3. The smallest absolute Gasteiger partial charge is 0.223 e. The second-order valence-corrected chi connectivity index (χ2v) is 4.23. The minimum absolute atomic E-state index is 0.219. The second kappa shape index (κ2) is 5.18. The molecule has 6 nitrogen and oxygen atoms in total. The first-order chi connectivity index (χ1) is 8.19. The van der Waals surface area contributed by atoms with Crippen molar-refractivity contribution in [1.82, 2.24) is 9.97 Å². The molecule has 17 heavy (non-hydrogen) atoms. The molecule has 1 saturated heterocycles. The average molecular weight is 237 g/mol. The molecule has 1 aliphatic heterocycles. The third kappa shape index (κ3) is 2.97. The fraction of sp³-hybridized carbons (Fsp3) is 0.636. The van der Waals surface area contributed by atoms with Crippen molar-refractivity contribution in [3.8, 4) is 0 Å². The molecule has 4 N–H and O–H groups in total. The number of nitrogens with zero attached hydrogens (tertiary/aromatic N) is 2. The van der Waals surface area contributed by atoms with Crippen LogP contribution in [0, 0.1) is 0 Å². The normalized spacial score (nSPS) is 21.2. The van der Waals surface area contributed by atoms with Gasteiger partial charge in [0.05, 0.1) is 12.1 Å². The van der Waals surface area contributed by atoms with Crippen LogP contribution in [0.5, 0.6) is 0 Å². The summed E-state index contributed by atoms with van der Waals surface area (Å²) in [6.07, 6.45) is 2.47. The SMILES string of the molecule is CNc1cc(NC(C)C2CCCO2)nc(N)n1. The topological polar surface area (TPSA) is 85.1 Å². The summed E-state index contributed by atoms with van der Waals surface area (Å²) >= 11 is 0. The molecule has 0 bridgehead atoms. The quantitative estimate of drug-likeness (QED) is 0.726. The van der Waals surface area contributed by atoms with Crippen molar-refractivity contribution in [1.29, 1.82) is 0 Å². The third-order valence-corrected chi connectivity index (χ3v) is 2.90. The van der Waals surface area contributed by atoms with Crippen molar-refractivity contribution < 1.29 is 4.74 Å². The van der Waals surface area contributed by atoms with Gasteiger partial charge < -0.3 is 21.1 Å². The minimum Gasteiger partial charge on any atom is -0.376 e. The number of hydrogen-bond acceptors (Lipinski definition) is 6. The molecule has 2 heterocycles. The van der Waals surface area contributed by atoms with E-state index in [4.69, 9.17) is 10.5 Å². The number of nitrogens with one attached hydrogen (secondary N) is 2. The van der Waals surface area contributed by atoms with Crippen molar-refractivity contribution in [2.45, 2.75) is 31.9 Å². The molecular formula is C11H19N5O. The Morgan fingerprint density at radius 2 is 2.24 bits per heavy atom. The highest BCUT2D eigenvalue weighted by atomic mass is 16.5. The molecular weight excluding hydrogens is 218 g/mol. The Hall–Kier alpha value is -1.56. The molecule has 2 unspecified atom stereocenters. The van der Waals surface area contributed by atoms with Crippen molar-refractivity contribution in [3.63, 3.8) is 0 Å². The largest absolute Gasteiger partial charge is 0.376 e. The van der Waals surface area contributed by atoms with E-state index in [-0.39, 0.29) is 18.1 Å². The van der Waals surface area contributed by atoms with Gasteiger partial charge in [-0.2, -0.15) is 9.97 Å². The number of hydrogen-bond donors (Lipinski definition) is 3.